The van der Waals surface area contributed by atoms with Crippen LogP contribution in [0.4, 0.5) is 23.1 Å². The third kappa shape index (κ3) is 3.91. The molecular weight excluding hydrogens is 326 g/mol. The number of hydrogen-bond acceptors (Lipinski definition) is 6. The molecule has 3 rings (SSSR count). The minimum Gasteiger partial charge on any atom is -0.497 e. The maximum absolute atomic E-state index is 5.97. The lowest BCUT2D eigenvalue weighted by Crippen LogP contribution is -2.03. The van der Waals surface area contributed by atoms with Crippen molar-refractivity contribution < 1.29 is 4.74 Å². The second kappa shape index (κ2) is 7.14. The zero-order chi connectivity index (χ0) is 16.9. The van der Waals surface area contributed by atoms with Gasteiger partial charge in [0.2, 0.25) is 5.95 Å². The summed E-state index contributed by atoms with van der Waals surface area (Å²) in [5, 5.41) is 15.0. The van der Waals surface area contributed by atoms with Gasteiger partial charge < -0.3 is 15.4 Å². The molecule has 122 valence electrons. The maximum Gasteiger partial charge on any atom is 0.249 e. The van der Waals surface area contributed by atoms with Crippen LogP contribution >= 0.6 is 11.6 Å². The van der Waals surface area contributed by atoms with E-state index in [1.165, 1.54) is 0 Å². The van der Waals surface area contributed by atoms with E-state index in [1.54, 1.807) is 13.3 Å². The Kier molecular flexibility index (Phi) is 4.77. The SMILES string of the molecule is COc1ccc(Nc2nncc(Nc3ccc(Cl)cc3C)n2)cc1. The summed E-state index contributed by atoms with van der Waals surface area (Å²) in [5.74, 6) is 1.77. The molecule has 0 radical (unpaired) electrons. The molecule has 0 amide bonds. The number of aryl methyl sites for hydroxylation is 1. The van der Waals surface area contributed by atoms with Gasteiger partial charge in [0.25, 0.3) is 0 Å². The highest BCUT2D eigenvalue weighted by Gasteiger charge is 2.04. The first-order chi connectivity index (χ1) is 11.6. The third-order valence-corrected chi connectivity index (χ3v) is 3.59. The summed E-state index contributed by atoms with van der Waals surface area (Å²) in [6.07, 6.45) is 1.56. The van der Waals surface area contributed by atoms with Crippen molar-refractivity contribution in [1.29, 1.82) is 0 Å². The topological polar surface area (TPSA) is 72.0 Å². The van der Waals surface area contributed by atoms with Crippen molar-refractivity contribution in [2.45, 2.75) is 6.92 Å². The molecule has 0 aliphatic heterocycles. The van der Waals surface area contributed by atoms with Crippen molar-refractivity contribution in [3.05, 3.63) is 59.2 Å². The lowest BCUT2D eigenvalue weighted by molar-refractivity contribution is 0.415. The highest BCUT2D eigenvalue weighted by molar-refractivity contribution is 6.30. The van der Waals surface area contributed by atoms with Crippen LogP contribution in [-0.2, 0) is 0 Å². The molecule has 0 bridgehead atoms. The molecule has 24 heavy (non-hydrogen) atoms. The summed E-state index contributed by atoms with van der Waals surface area (Å²) < 4.78 is 5.13. The number of nitrogens with one attached hydrogen (secondary N) is 2. The standard InChI is InChI=1S/C17H16ClN5O/c1-11-9-12(18)3-8-15(11)21-16-10-19-23-17(22-16)20-13-4-6-14(24-2)7-5-13/h3-10H,1-2H3,(H2,20,21,22,23). The molecule has 1 aromatic heterocycles. The molecule has 0 aliphatic carbocycles. The Morgan fingerprint density at radius 2 is 1.83 bits per heavy atom. The molecule has 3 aromatic rings. The van der Waals surface area contributed by atoms with Crippen molar-refractivity contribution in [2.75, 3.05) is 17.7 Å². The smallest absolute Gasteiger partial charge is 0.249 e. The molecule has 2 aromatic carbocycles. The highest BCUT2D eigenvalue weighted by atomic mass is 35.5. The molecule has 0 unspecified atom stereocenters. The van der Waals surface area contributed by atoms with Crippen LogP contribution in [-0.4, -0.2) is 22.3 Å². The van der Waals surface area contributed by atoms with Gasteiger partial charge in [0, 0.05) is 16.4 Å². The average Bonchev–Trinajstić information content (AvgIpc) is 2.58. The van der Waals surface area contributed by atoms with Gasteiger partial charge >= 0.3 is 0 Å². The summed E-state index contributed by atoms with van der Waals surface area (Å²) in [6.45, 7) is 1.97. The van der Waals surface area contributed by atoms with E-state index in [4.69, 9.17) is 16.3 Å². The van der Waals surface area contributed by atoms with Crippen LogP contribution in [0, 0.1) is 6.92 Å². The zero-order valence-electron chi connectivity index (χ0n) is 13.2. The number of methoxy groups -OCH3 is 1. The van der Waals surface area contributed by atoms with Crippen LogP contribution < -0.4 is 15.4 Å². The Bertz CT molecular complexity index is 839. The molecule has 6 nitrogen and oxygen atoms in total. The van der Waals surface area contributed by atoms with Gasteiger partial charge in [-0.3, -0.25) is 0 Å². The number of benzene rings is 2. The fraction of sp³-hybridized carbons (Fsp3) is 0.118. The molecule has 1 heterocycles. The Morgan fingerprint density at radius 1 is 1.04 bits per heavy atom. The second-order valence-electron chi connectivity index (χ2n) is 5.10. The van der Waals surface area contributed by atoms with Gasteiger partial charge in [0.1, 0.15) is 5.75 Å². The van der Waals surface area contributed by atoms with E-state index in [9.17, 15) is 0 Å². The van der Waals surface area contributed by atoms with Crippen LogP contribution in [0.2, 0.25) is 5.02 Å². The molecule has 0 fully saturated rings. The molecule has 2 N–H and O–H groups in total. The Balaban J connectivity index is 1.75. The number of nitrogens with zero attached hydrogens (tertiary/aromatic N) is 3. The van der Waals surface area contributed by atoms with E-state index >= 15 is 0 Å². The highest BCUT2D eigenvalue weighted by Crippen LogP contribution is 2.23. The molecule has 0 atom stereocenters. The Labute approximate surface area is 144 Å². The van der Waals surface area contributed by atoms with Gasteiger partial charge in [0.05, 0.1) is 13.3 Å². The number of aromatic nitrogens is 3. The van der Waals surface area contributed by atoms with Crippen molar-refractivity contribution >= 4 is 34.7 Å². The first-order valence-electron chi connectivity index (χ1n) is 7.28. The van der Waals surface area contributed by atoms with Gasteiger partial charge in [-0.2, -0.15) is 10.1 Å². The predicted octanol–water partition coefficient (Wildman–Crippen LogP) is 4.33. The monoisotopic (exact) mass is 341 g/mol. The zero-order valence-corrected chi connectivity index (χ0v) is 14.0. The summed E-state index contributed by atoms with van der Waals surface area (Å²) in [7, 11) is 1.63. The lowest BCUT2D eigenvalue weighted by Gasteiger charge is -2.10. The van der Waals surface area contributed by atoms with Crippen molar-refractivity contribution in [1.82, 2.24) is 15.2 Å². The molecule has 0 spiro atoms. The van der Waals surface area contributed by atoms with Crippen LogP contribution in [0.25, 0.3) is 0 Å². The summed E-state index contributed by atoms with van der Waals surface area (Å²) in [5.41, 5.74) is 2.78. The fourth-order valence-electron chi connectivity index (χ4n) is 2.13. The number of anilines is 4. The minimum absolute atomic E-state index is 0.400. The summed E-state index contributed by atoms with van der Waals surface area (Å²) in [4.78, 5) is 4.41. The van der Waals surface area contributed by atoms with Gasteiger partial charge in [-0.05, 0) is 55.0 Å². The number of rotatable bonds is 5. The van der Waals surface area contributed by atoms with E-state index in [1.807, 2.05) is 49.4 Å². The van der Waals surface area contributed by atoms with Crippen LogP contribution in [0.3, 0.4) is 0 Å². The molecule has 0 saturated carbocycles. The molecule has 0 saturated heterocycles. The molecule has 0 aliphatic rings. The Hall–Kier alpha value is -2.86. The van der Waals surface area contributed by atoms with E-state index < -0.39 is 0 Å². The first kappa shape index (κ1) is 16.0. The van der Waals surface area contributed by atoms with Crippen LogP contribution in [0.15, 0.2) is 48.7 Å². The van der Waals surface area contributed by atoms with Crippen molar-refractivity contribution in [2.24, 2.45) is 0 Å². The number of hydrogen-bond donors (Lipinski definition) is 2. The van der Waals surface area contributed by atoms with E-state index in [0.29, 0.717) is 16.8 Å². The van der Waals surface area contributed by atoms with Gasteiger partial charge in [-0.1, -0.05) is 11.6 Å². The number of ether oxygens (including phenoxy) is 1. The third-order valence-electron chi connectivity index (χ3n) is 3.36. The van der Waals surface area contributed by atoms with Gasteiger partial charge in [0.15, 0.2) is 5.82 Å². The summed E-state index contributed by atoms with van der Waals surface area (Å²) in [6, 6.07) is 13.1. The van der Waals surface area contributed by atoms with E-state index in [0.717, 1.165) is 22.7 Å². The fourth-order valence-corrected chi connectivity index (χ4v) is 2.35. The normalized spacial score (nSPS) is 10.3. The van der Waals surface area contributed by atoms with Crippen molar-refractivity contribution in [3.8, 4) is 5.75 Å². The van der Waals surface area contributed by atoms with Crippen molar-refractivity contribution in [3.63, 3.8) is 0 Å². The quantitative estimate of drug-likeness (QED) is 0.719. The summed E-state index contributed by atoms with van der Waals surface area (Å²) >= 11 is 5.97. The average molecular weight is 342 g/mol. The predicted molar refractivity (Wildman–Crippen MR) is 95.6 cm³/mol. The largest absolute Gasteiger partial charge is 0.497 e. The first-order valence-corrected chi connectivity index (χ1v) is 7.66. The van der Waals surface area contributed by atoms with E-state index in [2.05, 4.69) is 25.8 Å². The lowest BCUT2D eigenvalue weighted by atomic mass is 10.2. The Morgan fingerprint density at radius 3 is 2.54 bits per heavy atom. The second-order valence-corrected chi connectivity index (χ2v) is 5.54. The molecule has 7 heteroatoms. The minimum atomic E-state index is 0.400. The van der Waals surface area contributed by atoms with Crippen LogP contribution in [0.5, 0.6) is 5.75 Å². The van der Waals surface area contributed by atoms with Gasteiger partial charge in [-0.25, -0.2) is 0 Å². The number of halogens is 1. The maximum atomic E-state index is 5.97. The molecular formula is C17H16ClN5O. The van der Waals surface area contributed by atoms with E-state index in [-0.39, 0.29) is 0 Å². The van der Waals surface area contributed by atoms with Gasteiger partial charge in [-0.15, -0.1) is 5.10 Å². The van der Waals surface area contributed by atoms with Crippen LogP contribution in [0.1, 0.15) is 5.56 Å².